The number of thioether (sulfide) groups is 1. The van der Waals surface area contributed by atoms with Gasteiger partial charge in [-0.05, 0) is 39.2 Å². The highest BCUT2D eigenvalue weighted by Gasteiger charge is 2.19. The minimum Gasteiger partial charge on any atom is -0.356 e. The maximum atomic E-state index is 11.9. The Morgan fingerprint density at radius 3 is 2.30 bits per heavy atom. The number of nitrogens with two attached hydrogens (primary N) is 1. The van der Waals surface area contributed by atoms with E-state index >= 15 is 0 Å². The summed E-state index contributed by atoms with van der Waals surface area (Å²) in [4.78, 5) is 17.0. The second-order valence-electron chi connectivity index (χ2n) is 8.07. The molecule has 6 heteroatoms. The molecule has 0 unspecified atom stereocenters. The lowest BCUT2D eigenvalue weighted by molar-refractivity contribution is -0.121. The van der Waals surface area contributed by atoms with E-state index in [4.69, 9.17) is 10.7 Å². The van der Waals surface area contributed by atoms with Crippen LogP contribution < -0.4 is 11.1 Å². The highest BCUT2D eigenvalue weighted by atomic mass is 32.2. The molecule has 3 rings (SSSR count). The number of aromatic nitrogens is 2. The van der Waals surface area contributed by atoms with Gasteiger partial charge in [0.2, 0.25) is 5.91 Å². The van der Waals surface area contributed by atoms with Crippen LogP contribution in [0.5, 0.6) is 0 Å². The fourth-order valence-electron chi connectivity index (χ4n) is 3.84. The standard InChI is InChI=1S/C27H36N4OS/c1-2-31-26(23-16-8-4-9-17-23)25(22-14-6-3-7-15-22)30-27(31)33-21-13-12-20-29-24(32)18-10-5-11-19-28/h3-4,6-9,14-17H,2,5,10-13,18-21,28H2,1H3,(H,29,32). The minimum absolute atomic E-state index is 0.154. The van der Waals surface area contributed by atoms with Crippen LogP contribution in [0.15, 0.2) is 65.8 Å². The fourth-order valence-corrected chi connectivity index (χ4v) is 4.90. The number of benzene rings is 2. The van der Waals surface area contributed by atoms with Crippen LogP contribution in [-0.4, -0.2) is 34.3 Å². The van der Waals surface area contributed by atoms with Crippen molar-refractivity contribution in [1.82, 2.24) is 14.9 Å². The first kappa shape index (κ1) is 25.1. The highest BCUT2D eigenvalue weighted by molar-refractivity contribution is 7.99. The summed E-state index contributed by atoms with van der Waals surface area (Å²) >= 11 is 1.80. The zero-order chi connectivity index (χ0) is 23.3. The lowest BCUT2D eigenvalue weighted by Gasteiger charge is -2.11. The van der Waals surface area contributed by atoms with Crippen LogP contribution in [0.3, 0.4) is 0 Å². The maximum Gasteiger partial charge on any atom is 0.219 e. The van der Waals surface area contributed by atoms with Crippen LogP contribution in [0, 0.1) is 0 Å². The van der Waals surface area contributed by atoms with Crippen molar-refractivity contribution in [2.45, 2.75) is 57.1 Å². The molecule has 5 nitrogen and oxygen atoms in total. The lowest BCUT2D eigenvalue weighted by Crippen LogP contribution is -2.24. The van der Waals surface area contributed by atoms with E-state index in [0.29, 0.717) is 13.0 Å². The van der Waals surface area contributed by atoms with Crippen LogP contribution in [0.2, 0.25) is 0 Å². The summed E-state index contributed by atoms with van der Waals surface area (Å²) in [6.07, 6.45) is 5.57. The highest BCUT2D eigenvalue weighted by Crippen LogP contribution is 2.36. The largest absolute Gasteiger partial charge is 0.356 e. The van der Waals surface area contributed by atoms with Crippen molar-refractivity contribution in [3.8, 4) is 22.5 Å². The molecule has 1 aromatic heterocycles. The normalized spacial score (nSPS) is 11.0. The van der Waals surface area contributed by atoms with E-state index in [1.54, 1.807) is 11.8 Å². The molecule has 3 aromatic rings. The molecule has 1 heterocycles. The zero-order valence-corrected chi connectivity index (χ0v) is 20.4. The van der Waals surface area contributed by atoms with Crippen molar-refractivity contribution in [2.75, 3.05) is 18.8 Å². The predicted molar refractivity (Wildman–Crippen MR) is 139 cm³/mol. The summed E-state index contributed by atoms with van der Waals surface area (Å²) in [5.74, 6) is 1.13. The van der Waals surface area contributed by atoms with Crippen molar-refractivity contribution in [1.29, 1.82) is 0 Å². The summed E-state index contributed by atoms with van der Waals surface area (Å²) in [6.45, 7) is 4.49. The first-order valence-corrected chi connectivity index (χ1v) is 13.0. The SMILES string of the molecule is CCn1c(SCCCCNC(=O)CCCCCN)nc(-c2ccccc2)c1-c1ccccc1. The number of imidazole rings is 1. The Hall–Kier alpha value is -2.57. The summed E-state index contributed by atoms with van der Waals surface area (Å²) in [6, 6.07) is 20.9. The molecule has 0 aliphatic rings. The number of nitrogens with one attached hydrogen (secondary N) is 1. The van der Waals surface area contributed by atoms with E-state index in [9.17, 15) is 4.79 Å². The van der Waals surface area contributed by atoms with Gasteiger partial charge in [0.1, 0.15) is 0 Å². The van der Waals surface area contributed by atoms with E-state index in [1.807, 2.05) is 12.1 Å². The van der Waals surface area contributed by atoms with Gasteiger partial charge in [-0.15, -0.1) is 0 Å². The van der Waals surface area contributed by atoms with Crippen LogP contribution in [0.4, 0.5) is 0 Å². The van der Waals surface area contributed by atoms with Gasteiger partial charge in [0.25, 0.3) is 0 Å². The first-order chi connectivity index (χ1) is 16.2. The number of unbranched alkanes of at least 4 members (excludes halogenated alkanes) is 3. The quantitative estimate of drug-likeness (QED) is 0.235. The smallest absolute Gasteiger partial charge is 0.219 e. The number of hydrogen-bond acceptors (Lipinski definition) is 4. The van der Waals surface area contributed by atoms with E-state index in [2.05, 4.69) is 65.3 Å². The third-order valence-electron chi connectivity index (χ3n) is 5.58. The Labute approximate surface area is 202 Å². The Kier molecular flexibility index (Phi) is 10.5. The number of amides is 1. The monoisotopic (exact) mass is 464 g/mol. The van der Waals surface area contributed by atoms with Crippen molar-refractivity contribution < 1.29 is 4.79 Å². The van der Waals surface area contributed by atoms with Crippen molar-refractivity contribution >= 4 is 17.7 Å². The molecule has 0 aliphatic carbocycles. The Balaban J connectivity index is 1.59. The maximum absolute atomic E-state index is 11.9. The summed E-state index contributed by atoms with van der Waals surface area (Å²) in [7, 11) is 0. The molecule has 0 bridgehead atoms. The van der Waals surface area contributed by atoms with Gasteiger partial charge in [-0.2, -0.15) is 0 Å². The van der Waals surface area contributed by atoms with Gasteiger partial charge in [-0.25, -0.2) is 4.98 Å². The van der Waals surface area contributed by atoms with E-state index in [0.717, 1.165) is 67.4 Å². The number of rotatable bonds is 14. The molecule has 0 saturated carbocycles. The fraction of sp³-hybridized carbons (Fsp3) is 0.407. The molecule has 0 atom stereocenters. The Morgan fingerprint density at radius 1 is 0.939 bits per heavy atom. The van der Waals surface area contributed by atoms with Gasteiger partial charge in [-0.3, -0.25) is 4.79 Å². The number of carbonyl (C=O) groups excluding carboxylic acids is 1. The number of carbonyl (C=O) groups is 1. The topological polar surface area (TPSA) is 72.9 Å². The number of hydrogen-bond donors (Lipinski definition) is 2. The molecule has 1 amide bonds. The molecule has 176 valence electrons. The molecule has 0 aliphatic heterocycles. The lowest BCUT2D eigenvalue weighted by atomic mass is 10.0. The Morgan fingerprint density at radius 2 is 1.64 bits per heavy atom. The summed E-state index contributed by atoms with van der Waals surface area (Å²) in [5, 5.41) is 4.09. The third-order valence-corrected chi connectivity index (χ3v) is 6.64. The van der Waals surface area contributed by atoms with Gasteiger partial charge in [0, 0.05) is 36.4 Å². The van der Waals surface area contributed by atoms with Crippen LogP contribution in [0.1, 0.15) is 45.4 Å². The summed E-state index contributed by atoms with van der Waals surface area (Å²) < 4.78 is 2.32. The molecule has 0 radical (unpaired) electrons. The van der Waals surface area contributed by atoms with E-state index in [-0.39, 0.29) is 5.91 Å². The first-order valence-electron chi connectivity index (χ1n) is 12.1. The second kappa shape index (κ2) is 13.9. The Bertz CT molecular complexity index is 973. The van der Waals surface area contributed by atoms with Gasteiger partial charge >= 0.3 is 0 Å². The molecular weight excluding hydrogens is 428 g/mol. The average Bonchev–Trinajstić information content (AvgIpc) is 3.23. The van der Waals surface area contributed by atoms with Gasteiger partial charge in [0.05, 0.1) is 11.4 Å². The molecule has 0 spiro atoms. The zero-order valence-electron chi connectivity index (χ0n) is 19.6. The predicted octanol–water partition coefficient (Wildman–Crippen LogP) is 5.74. The molecule has 0 saturated heterocycles. The van der Waals surface area contributed by atoms with Crippen LogP contribution in [-0.2, 0) is 11.3 Å². The van der Waals surface area contributed by atoms with Gasteiger partial charge < -0.3 is 15.6 Å². The molecule has 0 fully saturated rings. The van der Waals surface area contributed by atoms with Crippen molar-refractivity contribution in [2.24, 2.45) is 5.73 Å². The average molecular weight is 465 g/mol. The second-order valence-corrected chi connectivity index (χ2v) is 9.13. The van der Waals surface area contributed by atoms with Gasteiger partial charge in [0.15, 0.2) is 5.16 Å². The van der Waals surface area contributed by atoms with Crippen LogP contribution >= 0.6 is 11.8 Å². The molecule has 33 heavy (non-hydrogen) atoms. The minimum atomic E-state index is 0.154. The molecule has 3 N–H and O–H groups in total. The van der Waals surface area contributed by atoms with Crippen molar-refractivity contribution in [3.63, 3.8) is 0 Å². The molecule has 2 aromatic carbocycles. The molecular formula is C27H36N4OS. The van der Waals surface area contributed by atoms with Crippen LogP contribution in [0.25, 0.3) is 22.5 Å². The van der Waals surface area contributed by atoms with E-state index < -0.39 is 0 Å². The summed E-state index contributed by atoms with van der Waals surface area (Å²) in [5.41, 5.74) is 10.0. The third kappa shape index (κ3) is 7.47. The van der Waals surface area contributed by atoms with E-state index in [1.165, 1.54) is 11.3 Å². The van der Waals surface area contributed by atoms with Crippen molar-refractivity contribution in [3.05, 3.63) is 60.7 Å². The number of nitrogens with zero attached hydrogens (tertiary/aromatic N) is 2. The van der Waals surface area contributed by atoms with Gasteiger partial charge in [-0.1, -0.05) is 78.8 Å².